The van der Waals surface area contributed by atoms with Crippen LogP contribution in [0.5, 0.6) is 0 Å². The van der Waals surface area contributed by atoms with Crippen LogP contribution in [0.1, 0.15) is 51.2 Å². The van der Waals surface area contributed by atoms with Gasteiger partial charge in [0.1, 0.15) is 5.82 Å². The van der Waals surface area contributed by atoms with Crippen LogP contribution < -0.4 is 5.32 Å². The van der Waals surface area contributed by atoms with Crippen molar-refractivity contribution in [1.29, 1.82) is 0 Å². The van der Waals surface area contributed by atoms with Crippen molar-refractivity contribution < 1.29 is 17.6 Å². The van der Waals surface area contributed by atoms with Gasteiger partial charge in [0.25, 0.3) is 0 Å². The third kappa shape index (κ3) is 6.14. The molecule has 0 aromatic heterocycles. The predicted molar refractivity (Wildman–Crippen MR) is 122 cm³/mol. The zero-order valence-electron chi connectivity index (χ0n) is 18.4. The number of hydrogen-bond donors (Lipinski definition) is 1. The highest BCUT2D eigenvalue weighted by molar-refractivity contribution is 7.91. The van der Waals surface area contributed by atoms with E-state index in [4.69, 9.17) is 0 Å². The number of anilines is 1. The second-order valence-corrected chi connectivity index (χ2v) is 11.9. The van der Waals surface area contributed by atoms with E-state index in [-0.39, 0.29) is 23.5 Å². The molecule has 2 aromatic carbocycles. The normalized spacial score (nSPS) is 18.0. The highest BCUT2D eigenvalue weighted by atomic mass is 32.2. The topological polar surface area (TPSA) is 66.5 Å². The molecular formula is C24H31FN2O3S. The van der Waals surface area contributed by atoms with Crippen molar-refractivity contribution in [2.45, 2.75) is 63.1 Å². The number of amides is 1. The molecule has 0 saturated carbocycles. The largest absolute Gasteiger partial charge is 0.325 e. The van der Waals surface area contributed by atoms with E-state index in [9.17, 15) is 17.6 Å². The number of piperidine rings is 1. The number of carbonyl (C=O) groups excluding carboxylic acids is 1. The average molecular weight is 447 g/mol. The maximum atomic E-state index is 13.2. The predicted octanol–water partition coefficient (Wildman–Crippen LogP) is 4.53. The Hall–Kier alpha value is -2.25. The molecular weight excluding hydrogens is 415 g/mol. The lowest BCUT2D eigenvalue weighted by Crippen LogP contribution is -2.46. The van der Waals surface area contributed by atoms with E-state index >= 15 is 0 Å². The lowest BCUT2D eigenvalue weighted by Gasteiger charge is -2.34. The summed E-state index contributed by atoms with van der Waals surface area (Å²) in [4.78, 5) is 15.2. The van der Waals surface area contributed by atoms with Gasteiger partial charge in [-0.2, -0.15) is 0 Å². The summed E-state index contributed by atoms with van der Waals surface area (Å²) in [5.41, 5.74) is 2.22. The summed E-state index contributed by atoms with van der Waals surface area (Å²) in [5.74, 6) is -0.442. The van der Waals surface area contributed by atoms with Crippen molar-refractivity contribution in [1.82, 2.24) is 4.90 Å². The summed E-state index contributed by atoms with van der Waals surface area (Å²) >= 11 is 0. The van der Waals surface area contributed by atoms with Gasteiger partial charge < -0.3 is 5.32 Å². The highest BCUT2D eigenvalue weighted by Crippen LogP contribution is 2.24. The molecule has 1 amide bonds. The summed E-state index contributed by atoms with van der Waals surface area (Å²) in [6.45, 7) is 6.45. The summed E-state index contributed by atoms with van der Waals surface area (Å²) in [6.07, 6.45) is 2.75. The molecule has 2 aromatic rings. The van der Waals surface area contributed by atoms with Gasteiger partial charge in [-0.15, -0.1) is 0 Å². The number of nitrogens with zero attached hydrogens (tertiary/aromatic N) is 1. The van der Waals surface area contributed by atoms with Gasteiger partial charge in [0.05, 0.1) is 16.5 Å². The second kappa shape index (κ2) is 9.49. The van der Waals surface area contributed by atoms with E-state index in [1.54, 1.807) is 57.2 Å². The zero-order valence-corrected chi connectivity index (χ0v) is 19.2. The third-order valence-electron chi connectivity index (χ3n) is 5.70. The molecule has 168 valence electrons. The van der Waals surface area contributed by atoms with E-state index in [1.165, 1.54) is 12.1 Å². The number of rotatable bonds is 6. The van der Waals surface area contributed by atoms with Crippen molar-refractivity contribution in [2.75, 3.05) is 11.9 Å². The average Bonchev–Trinajstić information content (AvgIpc) is 2.69. The van der Waals surface area contributed by atoms with Crippen molar-refractivity contribution in [2.24, 2.45) is 0 Å². The van der Waals surface area contributed by atoms with E-state index in [0.29, 0.717) is 17.8 Å². The molecule has 1 aliphatic rings. The molecule has 0 aliphatic carbocycles. The third-order valence-corrected chi connectivity index (χ3v) is 8.28. The van der Waals surface area contributed by atoms with Crippen molar-refractivity contribution in [3.8, 4) is 0 Å². The number of nitrogens with one attached hydrogen (secondary N) is 1. The summed E-state index contributed by atoms with van der Waals surface area (Å²) in [6, 6.07) is 13.1. The zero-order chi connectivity index (χ0) is 22.6. The molecule has 1 N–H and O–H groups in total. The Kier molecular flexibility index (Phi) is 7.17. The molecule has 0 radical (unpaired) electrons. The van der Waals surface area contributed by atoms with Crippen LogP contribution in [-0.2, 0) is 26.9 Å². The smallest absolute Gasteiger partial charge is 0.241 e. The van der Waals surface area contributed by atoms with Crippen molar-refractivity contribution in [3.05, 3.63) is 65.5 Å². The first kappa shape index (κ1) is 23.4. The second-order valence-electron chi connectivity index (χ2n) is 9.17. The molecule has 5 nitrogen and oxygen atoms in total. The Balaban J connectivity index is 1.70. The fourth-order valence-corrected chi connectivity index (χ4v) is 4.75. The molecule has 1 fully saturated rings. The Morgan fingerprint density at radius 2 is 1.81 bits per heavy atom. The van der Waals surface area contributed by atoms with Gasteiger partial charge in [0, 0.05) is 12.2 Å². The van der Waals surface area contributed by atoms with Crippen LogP contribution >= 0.6 is 0 Å². The summed E-state index contributed by atoms with van der Waals surface area (Å²) in [7, 11) is -3.31. The molecule has 0 unspecified atom stereocenters. The van der Waals surface area contributed by atoms with E-state index in [1.807, 2.05) is 0 Å². The number of benzene rings is 2. The maximum absolute atomic E-state index is 13.2. The molecule has 31 heavy (non-hydrogen) atoms. The summed E-state index contributed by atoms with van der Waals surface area (Å²) < 4.78 is 37.4. The number of hydrogen-bond acceptors (Lipinski definition) is 4. The Morgan fingerprint density at radius 1 is 1.10 bits per heavy atom. The minimum Gasteiger partial charge on any atom is -0.325 e. The van der Waals surface area contributed by atoms with Gasteiger partial charge >= 0.3 is 0 Å². The first-order chi connectivity index (χ1) is 14.5. The molecule has 1 saturated heterocycles. The Labute approximate surface area is 184 Å². The highest BCUT2D eigenvalue weighted by Gasteiger charge is 2.30. The van der Waals surface area contributed by atoms with Crippen LogP contribution in [0.25, 0.3) is 0 Å². The molecule has 0 spiro atoms. The first-order valence-corrected chi connectivity index (χ1v) is 12.3. The lowest BCUT2D eigenvalue weighted by molar-refractivity contribution is -0.122. The van der Waals surface area contributed by atoms with Crippen LogP contribution in [0.15, 0.2) is 48.5 Å². The van der Waals surface area contributed by atoms with Gasteiger partial charge in [-0.05, 0) is 75.5 Å². The van der Waals surface area contributed by atoms with Crippen molar-refractivity contribution in [3.63, 3.8) is 0 Å². The van der Waals surface area contributed by atoms with Gasteiger partial charge in [-0.25, -0.2) is 12.8 Å². The van der Waals surface area contributed by atoms with Gasteiger partial charge in [0.15, 0.2) is 9.84 Å². The van der Waals surface area contributed by atoms with E-state index in [0.717, 1.165) is 31.4 Å². The Morgan fingerprint density at radius 3 is 2.48 bits per heavy atom. The monoisotopic (exact) mass is 446 g/mol. The van der Waals surface area contributed by atoms with Crippen LogP contribution in [-0.4, -0.2) is 36.6 Å². The van der Waals surface area contributed by atoms with Crippen LogP contribution in [0.2, 0.25) is 0 Å². The molecule has 1 atom stereocenters. The minimum absolute atomic E-state index is 0.0691. The number of carbonyl (C=O) groups is 1. The molecule has 7 heteroatoms. The van der Waals surface area contributed by atoms with Gasteiger partial charge in [0.2, 0.25) is 5.91 Å². The van der Waals surface area contributed by atoms with Crippen LogP contribution in [0.3, 0.4) is 0 Å². The molecule has 1 heterocycles. The number of halogens is 1. The van der Waals surface area contributed by atoms with Crippen LogP contribution in [0.4, 0.5) is 10.1 Å². The molecule has 3 rings (SSSR count). The van der Waals surface area contributed by atoms with Crippen molar-refractivity contribution >= 4 is 21.4 Å². The minimum atomic E-state index is -3.31. The first-order valence-electron chi connectivity index (χ1n) is 10.7. The van der Waals surface area contributed by atoms with E-state index < -0.39 is 14.6 Å². The maximum Gasteiger partial charge on any atom is 0.241 e. The lowest BCUT2D eigenvalue weighted by atomic mass is 10.00. The number of likely N-dealkylation sites (tertiary alicyclic amines) is 1. The fourth-order valence-electron chi connectivity index (χ4n) is 3.70. The number of sulfone groups is 1. The van der Waals surface area contributed by atoms with Gasteiger partial charge in [-0.3, -0.25) is 9.69 Å². The Bertz CT molecular complexity index is 1010. The van der Waals surface area contributed by atoms with Gasteiger partial charge in [-0.1, -0.05) is 30.7 Å². The van der Waals surface area contributed by atoms with Crippen LogP contribution in [0, 0.1) is 5.82 Å². The van der Waals surface area contributed by atoms with E-state index in [2.05, 4.69) is 10.2 Å². The quantitative estimate of drug-likeness (QED) is 0.708. The summed E-state index contributed by atoms with van der Waals surface area (Å²) in [5, 5.41) is 2.97. The molecule has 0 bridgehead atoms. The standard InChI is InChI=1S/C24H31FN2O3S/c1-24(2,3)31(29,30)17-19-7-6-8-21(15-19)26-23(28)22-9-4-5-14-27(22)16-18-10-12-20(25)13-11-18/h6-8,10-13,15,22H,4-5,9,14,16-17H2,1-3H3,(H,26,28)/t22-/m0/s1. The SMILES string of the molecule is CC(C)(C)S(=O)(=O)Cc1cccc(NC(=O)[C@@H]2CCCCN2Cc2ccc(F)cc2)c1. The fraction of sp³-hybridized carbons (Fsp3) is 0.458. The molecule has 1 aliphatic heterocycles.